The van der Waals surface area contributed by atoms with Gasteiger partial charge in [0.05, 0.1) is 0 Å². The highest BCUT2D eigenvalue weighted by molar-refractivity contribution is 5.22. The minimum atomic E-state index is -0.109. The van der Waals surface area contributed by atoms with Gasteiger partial charge in [-0.2, -0.15) is 0 Å². The molecule has 1 atom stereocenters. The highest BCUT2D eigenvalue weighted by Crippen LogP contribution is 2.44. The highest BCUT2D eigenvalue weighted by Gasteiger charge is 2.31. The summed E-state index contributed by atoms with van der Waals surface area (Å²) in [6.07, 6.45) is 3.74. The summed E-state index contributed by atoms with van der Waals surface area (Å²) in [4.78, 5) is 0. The van der Waals surface area contributed by atoms with Crippen molar-refractivity contribution in [2.75, 3.05) is 13.6 Å². The molecule has 0 amide bonds. The van der Waals surface area contributed by atoms with E-state index < -0.39 is 0 Å². The van der Waals surface area contributed by atoms with Crippen LogP contribution in [0.1, 0.15) is 30.7 Å². The number of hydrogen-bond acceptors (Lipinski definition) is 1. The van der Waals surface area contributed by atoms with Crippen LogP contribution in [-0.2, 0) is 0 Å². The van der Waals surface area contributed by atoms with Gasteiger partial charge >= 0.3 is 0 Å². The molecule has 2 heteroatoms. The quantitative estimate of drug-likeness (QED) is 0.782. The van der Waals surface area contributed by atoms with Crippen molar-refractivity contribution in [2.24, 2.45) is 5.92 Å². The van der Waals surface area contributed by atoms with Crippen LogP contribution in [0.15, 0.2) is 24.3 Å². The summed E-state index contributed by atoms with van der Waals surface area (Å²) in [5.74, 6) is 1.23. The molecule has 1 unspecified atom stereocenters. The molecule has 1 nitrogen and oxygen atoms in total. The minimum absolute atomic E-state index is 0.109. The molecule has 82 valence electrons. The van der Waals surface area contributed by atoms with Gasteiger partial charge in [-0.15, -0.1) is 0 Å². The first kappa shape index (κ1) is 10.6. The third-order valence-corrected chi connectivity index (χ3v) is 3.17. The van der Waals surface area contributed by atoms with E-state index >= 15 is 0 Å². The van der Waals surface area contributed by atoms with Crippen molar-refractivity contribution in [1.29, 1.82) is 0 Å². The Balaban J connectivity index is 2.09. The molecule has 0 aliphatic heterocycles. The van der Waals surface area contributed by atoms with E-state index in [1.807, 2.05) is 13.1 Å². The van der Waals surface area contributed by atoms with Crippen molar-refractivity contribution in [3.05, 3.63) is 35.6 Å². The molecule has 0 heterocycles. The summed E-state index contributed by atoms with van der Waals surface area (Å²) in [5.41, 5.74) is 1.17. The van der Waals surface area contributed by atoms with Crippen LogP contribution in [0.2, 0.25) is 0 Å². The molecule has 0 bridgehead atoms. The van der Waals surface area contributed by atoms with Gasteiger partial charge in [0, 0.05) is 0 Å². The standard InChI is InChI=1S/C13H18FN/c1-15-8-7-13(10-5-6-10)11-3-2-4-12(14)9-11/h2-4,9-10,13,15H,5-8H2,1H3. The Morgan fingerprint density at radius 3 is 2.87 bits per heavy atom. The Hall–Kier alpha value is -0.890. The van der Waals surface area contributed by atoms with Crippen LogP contribution in [-0.4, -0.2) is 13.6 Å². The van der Waals surface area contributed by atoms with E-state index in [2.05, 4.69) is 11.4 Å². The molecule has 1 saturated carbocycles. The Kier molecular flexibility index (Phi) is 3.37. The molecule has 1 aliphatic carbocycles. The second kappa shape index (κ2) is 4.75. The van der Waals surface area contributed by atoms with Gasteiger partial charge in [-0.25, -0.2) is 4.39 Å². The molecular formula is C13H18FN. The van der Waals surface area contributed by atoms with Crippen LogP contribution >= 0.6 is 0 Å². The third-order valence-electron chi connectivity index (χ3n) is 3.17. The summed E-state index contributed by atoms with van der Waals surface area (Å²) < 4.78 is 13.1. The van der Waals surface area contributed by atoms with Gasteiger partial charge in [-0.3, -0.25) is 0 Å². The first-order valence-corrected chi connectivity index (χ1v) is 5.71. The van der Waals surface area contributed by atoms with Crippen LogP contribution in [0.3, 0.4) is 0 Å². The molecule has 0 radical (unpaired) electrons. The Morgan fingerprint density at radius 2 is 2.27 bits per heavy atom. The second-order valence-electron chi connectivity index (χ2n) is 4.39. The van der Waals surface area contributed by atoms with Crippen LogP contribution in [0.25, 0.3) is 0 Å². The zero-order valence-corrected chi connectivity index (χ0v) is 9.17. The van der Waals surface area contributed by atoms with Gasteiger partial charge in [0.15, 0.2) is 0 Å². The van der Waals surface area contributed by atoms with Crippen molar-refractivity contribution in [1.82, 2.24) is 5.32 Å². The Morgan fingerprint density at radius 1 is 1.47 bits per heavy atom. The summed E-state index contributed by atoms with van der Waals surface area (Å²) >= 11 is 0. The van der Waals surface area contributed by atoms with Crippen LogP contribution in [0.5, 0.6) is 0 Å². The second-order valence-corrected chi connectivity index (χ2v) is 4.39. The zero-order chi connectivity index (χ0) is 10.7. The number of rotatable bonds is 5. The molecule has 15 heavy (non-hydrogen) atoms. The van der Waals surface area contributed by atoms with E-state index in [1.165, 1.54) is 24.5 Å². The smallest absolute Gasteiger partial charge is 0.123 e. The molecule has 0 spiro atoms. The number of hydrogen-bond donors (Lipinski definition) is 1. The van der Waals surface area contributed by atoms with E-state index in [0.717, 1.165) is 18.9 Å². The maximum absolute atomic E-state index is 13.1. The van der Waals surface area contributed by atoms with Crippen molar-refractivity contribution in [3.8, 4) is 0 Å². The summed E-state index contributed by atoms with van der Waals surface area (Å²) in [7, 11) is 1.97. The van der Waals surface area contributed by atoms with Gasteiger partial charge in [0.1, 0.15) is 5.82 Å². The van der Waals surface area contributed by atoms with E-state index in [4.69, 9.17) is 0 Å². The number of nitrogens with one attached hydrogen (secondary N) is 1. The lowest BCUT2D eigenvalue weighted by molar-refractivity contribution is 0.535. The van der Waals surface area contributed by atoms with E-state index in [0.29, 0.717) is 5.92 Å². The number of benzene rings is 1. The summed E-state index contributed by atoms with van der Waals surface area (Å²) in [6.45, 7) is 1.01. The van der Waals surface area contributed by atoms with Gasteiger partial charge in [0.2, 0.25) is 0 Å². The summed E-state index contributed by atoms with van der Waals surface area (Å²) in [6, 6.07) is 7.09. The zero-order valence-electron chi connectivity index (χ0n) is 9.17. The predicted molar refractivity (Wildman–Crippen MR) is 60.4 cm³/mol. The fraction of sp³-hybridized carbons (Fsp3) is 0.538. The maximum atomic E-state index is 13.1. The highest BCUT2D eigenvalue weighted by atomic mass is 19.1. The molecule has 1 fully saturated rings. The Bertz CT molecular complexity index is 320. The third kappa shape index (κ3) is 2.78. The van der Waals surface area contributed by atoms with Gasteiger partial charge in [-0.05, 0) is 62.4 Å². The van der Waals surface area contributed by atoms with Crippen LogP contribution in [0.4, 0.5) is 4.39 Å². The Labute approximate surface area is 90.7 Å². The lowest BCUT2D eigenvalue weighted by Crippen LogP contribution is -2.13. The van der Waals surface area contributed by atoms with E-state index in [-0.39, 0.29) is 5.82 Å². The first-order chi connectivity index (χ1) is 7.31. The average Bonchev–Trinajstić information content (AvgIpc) is 3.03. The number of halogens is 1. The molecule has 1 aromatic carbocycles. The van der Waals surface area contributed by atoms with Crippen LogP contribution in [0, 0.1) is 11.7 Å². The molecular weight excluding hydrogens is 189 g/mol. The molecule has 2 rings (SSSR count). The largest absolute Gasteiger partial charge is 0.320 e. The molecule has 1 aromatic rings. The van der Waals surface area contributed by atoms with Crippen molar-refractivity contribution in [3.63, 3.8) is 0 Å². The molecule has 0 aromatic heterocycles. The fourth-order valence-corrected chi connectivity index (χ4v) is 2.21. The minimum Gasteiger partial charge on any atom is -0.320 e. The van der Waals surface area contributed by atoms with Crippen LogP contribution < -0.4 is 5.32 Å². The maximum Gasteiger partial charge on any atom is 0.123 e. The fourth-order valence-electron chi connectivity index (χ4n) is 2.21. The van der Waals surface area contributed by atoms with Gasteiger partial charge in [0.25, 0.3) is 0 Å². The molecule has 1 N–H and O–H groups in total. The van der Waals surface area contributed by atoms with Crippen molar-refractivity contribution >= 4 is 0 Å². The predicted octanol–water partition coefficient (Wildman–Crippen LogP) is 2.93. The average molecular weight is 207 g/mol. The van der Waals surface area contributed by atoms with Crippen molar-refractivity contribution < 1.29 is 4.39 Å². The normalized spacial score (nSPS) is 17.7. The molecule has 1 aliphatic rings. The topological polar surface area (TPSA) is 12.0 Å². The van der Waals surface area contributed by atoms with E-state index in [9.17, 15) is 4.39 Å². The lowest BCUT2D eigenvalue weighted by atomic mass is 9.91. The van der Waals surface area contributed by atoms with Gasteiger partial charge < -0.3 is 5.32 Å². The first-order valence-electron chi connectivity index (χ1n) is 5.71. The van der Waals surface area contributed by atoms with Gasteiger partial charge in [-0.1, -0.05) is 12.1 Å². The molecule has 0 saturated heterocycles. The monoisotopic (exact) mass is 207 g/mol. The summed E-state index contributed by atoms with van der Waals surface area (Å²) in [5, 5.41) is 3.17. The van der Waals surface area contributed by atoms with Crippen molar-refractivity contribution in [2.45, 2.75) is 25.2 Å². The lowest BCUT2D eigenvalue weighted by Gasteiger charge is -2.16. The SMILES string of the molecule is CNCCC(c1cccc(F)c1)C1CC1. The van der Waals surface area contributed by atoms with E-state index in [1.54, 1.807) is 6.07 Å².